The van der Waals surface area contributed by atoms with E-state index in [-0.39, 0.29) is 0 Å². The van der Waals surface area contributed by atoms with Gasteiger partial charge in [-0.2, -0.15) is 0 Å². The largest absolute Gasteiger partial charge is 0.320 e. The van der Waals surface area contributed by atoms with Gasteiger partial charge in [-0.05, 0) is 61.0 Å². The van der Waals surface area contributed by atoms with Gasteiger partial charge in [-0.3, -0.25) is 0 Å². The molecule has 4 rings (SSSR count). The molecule has 0 saturated heterocycles. The summed E-state index contributed by atoms with van der Waals surface area (Å²) in [5.74, 6) is -1.14. The Bertz CT molecular complexity index is 1020. The number of likely N-dealkylation sites (N-methyl/N-ethyl adjacent to an activating group) is 1. The van der Waals surface area contributed by atoms with Crippen LogP contribution in [-0.2, 0) is 13.0 Å². The fraction of sp³-hybridized carbons (Fsp3) is 0.238. The van der Waals surface area contributed by atoms with E-state index in [1.165, 1.54) is 23.4 Å². The predicted octanol–water partition coefficient (Wildman–Crippen LogP) is 5.58. The van der Waals surface area contributed by atoms with Crippen molar-refractivity contribution in [2.45, 2.75) is 19.9 Å². The quantitative estimate of drug-likeness (QED) is 0.570. The van der Waals surface area contributed by atoms with E-state index in [9.17, 15) is 8.78 Å². The van der Waals surface area contributed by atoms with Gasteiger partial charge in [-0.1, -0.05) is 11.6 Å². The molecule has 0 fully saturated rings. The first-order valence-electron chi connectivity index (χ1n) is 8.57. The van der Waals surface area contributed by atoms with Crippen molar-refractivity contribution in [3.8, 4) is 0 Å². The second-order valence-electron chi connectivity index (χ2n) is 6.91. The van der Waals surface area contributed by atoms with Crippen LogP contribution in [0.5, 0.6) is 0 Å². The van der Waals surface area contributed by atoms with E-state index in [0.717, 1.165) is 42.1 Å². The molecule has 0 radical (unpaired) electrons. The van der Waals surface area contributed by atoms with Gasteiger partial charge in [0, 0.05) is 47.9 Å². The molecule has 0 amide bonds. The lowest BCUT2D eigenvalue weighted by Crippen LogP contribution is -2.26. The minimum atomic E-state index is -0.569. The van der Waals surface area contributed by atoms with Crippen LogP contribution in [0.2, 0.25) is 5.02 Å². The Balaban J connectivity index is 1.91. The van der Waals surface area contributed by atoms with Crippen LogP contribution < -0.4 is 0 Å². The Labute approximate surface area is 156 Å². The third-order valence-corrected chi connectivity index (χ3v) is 5.22. The lowest BCUT2D eigenvalue weighted by Gasteiger charge is -2.23. The maximum absolute atomic E-state index is 13.6. The zero-order chi connectivity index (χ0) is 18.4. The summed E-state index contributed by atoms with van der Waals surface area (Å²) in [5, 5.41) is 1.84. The number of rotatable bonds is 2. The Morgan fingerprint density at radius 2 is 1.85 bits per heavy atom. The second kappa shape index (κ2) is 6.53. The van der Waals surface area contributed by atoms with Crippen LogP contribution >= 0.6 is 11.6 Å². The highest BCUT2D eigenvalue weighted by Crippen LogP contribution is 2.33. The first-order valence-corrected chi connectivity index (χ1v) is 8.95. The number of benzene rings is 2. The fourth-order valence-electron chi connectivity index (χ4n) is 3.70. The van der Waals surface area contributed by atoms with Gasteiger partial charge in [-0.25, -0.2) is 8.78 Å². The zero-order valence-corrected chi connectivity index (χ0v) is 15.4. The van der Waals surface area contributed by atoms with Crippen molar-refractivity contribution < 1.29 is 8.78 Å². The molecule has 0 saturated carbocycles. The molecule has 0 atom stereocenters. The smallest absolute Gasteiger partial charge is 0.126 e. The normalized spacial score (nSPS) is 15.5. The maximum atomic E-state index is 13.6. The van der Waals surface area contributed by atoms with Crippen LogP contribution in [0.1, 0.15) is 23.7 Å². The predicted molar refractivity (Wildman–Crippen MR) is 103 cm³/mol. The van der Waals surface area contributed by atoms with Crippen molar-refractivity contribution in [2.24, 2.45) is 0 Å². The van der Waals surface area contributed by atoms with Gasteiger partial charge in [0.25, 0.3) is 0 Å². The monoisotopic (exact) mass is 372 g/mol. The van der Waals surface area contributed by atoms with Crippen molar-refractivity contribution >= 4 is 34.3 Å². The summed E-state index contributed by atoms with van der Waals surface area (Å²) in [7, 11) is 2.10. The summed E-state index contributed by atoms with van der Waals surface area (Å²) in [6.07, 6.45) is 2.88. The van der Waals surface area contributed by atoms with E-state index in [2.05, 4.69) is 16.5 Å². The van der Waals surface area contributed by atoms with Crippen LogP contribution in [0, 0.1) is 11.6 Å². The van der Waals surface area contributed by atoms with E-state index in [1.807, 2.05) is 31.3 Å². The molecular formula is C21H19ClF2N2. The molecule has 2 nitrogen and oxygen atoms in total. The van der Waals surface area contributed by atoms with Gasteiger partial charge < -0.3 is 9.47 Å². The summed E-state index contributed by atoms with van der Waals surface area (Å²) in [6.45, 7) is 3.70. The van der Waals surface area contributed by atoms with E-state index >= 15 is 0 Å². The molecule has 2 aromatic carbocycles. The number of nitrogens with zero attached hydrogens (tertiary/aromatic N) is 2. The zero-order valence-electron chi connectivity index (χ0n) is 14.7. The summed E-state index contributed by atoms with van der Waals surface area (Å²) >= 11 is 6.22. The highest BCUT2D eigenvalue weighted by atomic mass is 35.5. The molecule has 0 bridgehead atoms. The SMILES string of the molecule is C/C(=C\n1c2c(c3cc(Cl)ccc31)CN(C)CC2)c1cc(F)cc(F)c1. The Hall–Kier alpha value is -2.17. The summed E-state index contributed by atoms with van der Waals surface area (Å²) < 4.78 is 29.3. The number of aromatic nitrogens is 1. The standard InChI is InChI=1S/C21H19ClF2N2/c1-13(14-7-16(23)10-17(24)8-14)11-26-20-4-3-15(22)9-18(20)19-12-25(2)6-5-21(19)26/h3-4,7-11H,5-6,12H2,1-2H3/b13-11+. The lowest BCUT2D eigenvalue weighted by molar-refractivity contribution is 0.312. The Morgan fingerprint density at radius 1 is 1.12 bits per heavy atom. The molecule has 2 heterocycles. The van der Waals surface area contributed by atoms with Crippen molar-refractivity contribution in [1.82, 2.24) is 9.47 Å². The number of halogens is 3. The van der Waals surface area contributed by atoms with Gasteiger partial charge in [0.2, 0.25) is 0 Å². The molecule has 0 spiro atoms. The molecule has 0 unspecified atom stereocenters. The molecule has 1 aliphatic rings. The Kier molecular flexibility index (Phi) is 4.33. The third-order valence-electron chi connectivity index (χ3n) is 4.98. The highest BCUT2D eigenvalue weighted by Gasteiger charge is 2.22. The topological polar surface area (TPSA) is 8.17 Å². The summed E-state index contributed by atoms with van der Waals surface area (Å²) in [6, 6.07) is 9.49. The molecular weight excluding hydrogens is 354 g/mol. The molecule has 1 aromatic heterocycles. The number of hydrogen-bond acceptors (Lipinski definition) is 1. The lowest BCUT2D eigenvalue weighted by atomic mass is 10.0. The molecule has 0 aliphatic carbocycles. The van der Waals surface area contributed by atoms with E-state index in [1.54, 1.807) is 0 Å². The van der Waals surface area contributed by atoms with Crippen molar-refractivity contribution in [1.29, 1.82) is 0 Å². The number of fused-ring (bicyclic) bond motifs is 3. The van der Waals surface area contributed by atoms with Crippen LogP contribution in [-0.4, -0.2) is 23.1 Å². The van der Waals surface area contributed by atoms with Crippen molar-refractivity contribution in [3.05, 3.63) is 69.9 Å². The van der Waals surface area contributed by atoms with Gasteiger partial charge in [-0.15, -0.1) is 0 Å². The third kappa shape index (κ3) is 3.04. The highest BCUT2D eigenvalue weighted by molar-refractivity contribution is 6.31. The van der Waals surface area contributed by atoms with Crippen molar-refractivity contribution in [3.63, 3.8) is 0 Å². The summed E-state index contributed by atoms with van der Waals surface area (Å²) in [5.41, 5.74) is 4.91. The molecule has 0 N–H and O–H groups in total. The van der Waals surface area contributed by atoms with E-state index in [0.29, 0.717) is 10.6 Å². The minimum absolute atomic E-state index is 0.542. The van der Waals surface area contributed by atoms with Crippen LogP contribution in [0.25, 0.3) is 22.7 Å². The van der Waals surface area contributed by atoms with Crippen LogP contribution in [0.15, 0.2) is 36.4 Å². The minimum Gasteiger partial charge on any atom is -0.320 e. The summed E-state index contributed by atoms with van der Waals surface area (Å²) in [4.78, 5) is 2.28. The van der Waals surface area contributed by atoms with Gasteiger partial charge in [0.05, 0.1) is 5.52 Å². The molecule has 26 heavy (non-hydrogen) atoms. The number of hydrogen-bond donors (Lipinski definition) is 0. The average molecular weight is 373 g/mol. The maximum Gasteiger partial charge on any atom is 0.126 e. The van der Waals surface area contributed by atoms with Crippen LogP contribution in [0.4, 0.5) is 8.78 Å². The molecule has 5 heteroatoms. The van der Waals surface area contributed by atoms with Gasteiger partial charge >= 0.3 is 0 Å². The molecule has 1 aliphatic heterocycles. The van der Waals surface area contributed by atoms with Gasteiger partial charge in [0.15, 0.2) is 0 Å². The first kappa shape index (κ1) is 17.3. The van der Waals surface area contributed by atoms with E-state index in [4.69, 9.17) is 11.6 Å². The van der Waals surface area contributed by atoms with Crippen molar-refractivity contribution in [2.75, 3.05) is 13.6 Å². The van der Waals surface area contributed by atoms with Gasteiger partial charge in [0.1, 0.15) is 11.6 Å². The molecule has 3 aromatic rings. The Morgan fingerprint density at radius 3 is 2.58 bits per heavy atom. The van der Waals surface area contributed by atoms with E-state index < -0.39 is 11.6 Å². The second-order valence-corrected chi connectivity index (χ2v) is 7.35. The average Bonchev–Trinajstić information content (AvgIpc) is 2.86. The molecule has 134 valence electrons. The van der Waals surface area contributed by atoms with Crippen LogP contribution in [0.3, 0.4) is 0 Å². The first-order chi connectivity index (χ1) is 12.4. The fourth-order valence-corrected chi connectivity index (χ4v) is 3.87. The number of allylic oxidation sites excluding steroid dienone is 1.